The van der Waals surface area contributed by atoms with Gasteiger partial charge in [0.15, 0.2) is 0 Å². The van der Waals surface area contributed by atoms with Crippen molar-refractivity contribution in [3.05, 3.63) is 150 Å². The van der Waals surface area contributed by atoms with Gasteiger partial charge < -0.3 is 9.13 Å². The second kappa shape index (κ2) is 10.1. The highest BCUT2D eigenvalue weighted by Gasteiger charge is 2.36. The van der Waals surface area contributed by atoms with Crippen molar-refractivity contribution in [2.24, 2.45) is 0 Å². The van der Waals surface area contributed by atoms with Gasteiger partial charge in [-0.3, -0.25) is 0 Å². The van der Waals surface area contributed by atoms with E-state index >= 15 is 0 Å². The van der Waals surface area contributed by atoms with Gasteiger partial charge in [0.2, 0.25) is 0 Å². The van der Waals surface area contributed by atoms with Crippen LogP contribution in [0.25, 0.3) is 50.2 Å². The Morgan fingerprint density at radius 1 is 0.477 bits per heavy atom. The van der Waals surface area contributed by atoms with Crippen molar-refractivity contribution in [2.45, 2.75) is 50.4 Å². The first kappa shape index (κ1) is 25.7. The Hall–Kier alpha value is -4.82. The number of fused-ring (bicyclic) bond motifs is 6. The third kappa shape index (κ3) is 3.80. The van der Waals surface area contributed by atoms with Crippen LogP contribution in [0.2, 0.25) is 0 Å². The van der Waals surface area contributed by atoms with Crippen LogP contribution in [-0.2, 0) is 11.8 Å². The van der Waals surface area contributed by atoms with E-state index in [1.165, 1.54) is 98.6 Å². The maximum atomic E-state index is 2.47. The van der Waals surface area contributed by atoms with Crippen molar-refractivity contribution in [1.29, 1.82) is 0 Å². The van der Waals surface area contributed by atoms with E-state index in [0.717, 1.165) is 12.8 Å². The summed E-state index contributed by atoms with van der Waals surface area (Å²) in [5.41, 5.74) is 12.1. The van der Waals surface area contributed by atoms with Crippen molar-refractivity contribution >= 4 is 38.8 Å². The number of rotatable bonds is 4. The molecule has 0 saturated heterocycles. The molecule has 0 amide bonds. The van der Waals surface area contributed by atoms with Crippen LogP contribution in [0.3, 0.4) is 0 Å². The second-order valence-corrected chi connectivity index (χ2v) is 12.8. The lowest BCUT2D eigenvalue weighted by molar-refractivity contribution is 0.346. The van der Waals surface area contributed by atoms with Crippen LogP contribution in [0.1, 0.15) is 60.9 Å². The molecular formula is C42H36N2. The van der Waals surface area contributed by atoms with Gasteiger partial charge in [-0.05, 0) is 90.9 Å². The highest BCUT2D eigenvalue weighted by Crippen LogP contribution is 2.46. The van der Waals surface area contributed by atoms with Gasteiger partial charge in [0.25, 0.3) is 0 Å². The van der Waals surface area contributed by atoms with E-state index in [9.17, 15) is 0 Å². The van der Waals surface area contributed by atoms with Crippen LogP contribution in [-0.4, -0.2) is 9.13 Å². The fourth-order valence-corrected chi connectivity index (χ4v) is 8.42. The second-order valence-electron chi connectivity index (χ2n) is 12.8. The molecular weight excluding hydrogens is 532 g/mol. The minimum Gasteiger partial charge on any atom is -0.310 e. The van der Waals surface area contributed by atoms with Crippen molar-refractivity contribution in [2.75, 3.05) is 0 Å². The van der Waals surface area contributed by atoms with Gasteiger partial charge in [0.05, 0.1) is 16.6 Å². The summed E-state index contributed by atoms with van der Waals surface area (Å²) in [5.74, 6) is 0. The molecule has 1 saturated carbocycles. The van der Waals surface area contributed by atoms with Crippen LogP contribution < -0.4 is 0 Å². The minimum absolute atomic E-state index is 0.0498. The van der Waals surface area contributed by atoms with E-state index in [0.29, 0.717) is 0 Å². The van der Waals surface area contributed by atoms with Gasteiger partial charge in [-0.2, -0.15) is 0 Å². The predicted octanol–water partition coefficient (Wildman–Crippen LogP) is 10.9. The summed E-state index contributed by atoms with van der Waals surface area (Å²) in [4.78, 5) is 0. The number of nitrogens with zero attached hydrogens (tertiary/aromatic N) is 2. The number of allylic oxidation sites excluding steroid dienone is 1. The number of aryl methyl sites for hydroxylation is 1. The van der Waals surface area contributed by atoms with Crippen molar-refractivity contribution in [3.63, 3.8) is 0 Å². The SMILES string of the molecule is C1=Cc2c(c3ccccc3n2-c2ccc(C3(c4ccc(-n5c6ccccc6c6ccccc65)cc4)CCCCC3)cc2)CC1. The maximum absolute atomic E-state index is 2.47. The molecule has 0 unspecified atom stereocenters. The van der Waals surface area contributed by atoms with E-state index in [1.807, 2.05) is 0 Å². The summed E-state index contributed by atoms with van der Waals surface area (Å²) >= 11 is 0. The first-order valence-corrected chi connectivity index (χ1v) is 16.3. The highest BCUT2D eigenvalue weighted by molar-refractivity contribution is 6.09. The van der Waals surface area contributed by atoms with Gasteiger partial charge in [0, 0.05) is 38.6 Å². The zero-order valence-corrected chi connectivity index (χ0v) is 25.0. The molecule has 2 aliphatic carbocycles. The molecule has 0 radical (unpaired) electrons. The van der Waals surface area contributed by atoms with Crippen LogP contribution in [0.4, 0.5) is 0 Å². The van der Waals surface area contributed by atoms with Gasteiger partial charge in [-0.15, -0.1) is 0 Å². The normalized spacial score (nSPS) is 16.1. The summed E-state index contributed by atoms with van der Waals surface area (Å²) in [6.07, 6.45) is 13.2. The van der Waals surface area contributed by atoms with Crippen LogP contribution in [0.15, 0.2) is 127 Å². The van der Waals surface area contributed by atoms with E-state index in [-0.39, 0.29) is 5.41 Å². The molecule has 2 aliphatic rings. The molecule has 0 N–H and O–H groups in total. The number of hydrogen-bond donors (Lipinski definition) is 0. The Morgan fingerprint density at radius 3 is 1.57 bits per heavy atom. The quantitative estimate of drug-likeness (QED) is 0.200. The molecule has 0 atom stereocenters. The summed E-state index contributed by atoms with van der Waals surface area (Å²) in [5, 5.41) is 4.01. The maximum Gasteiger partial charge on any atom is 0.0541 e. The average Bonchev–Trinajstić information content (AvgIpc) is 3.62. The topological polar surface area (TPSA) is 9.86 Å². The fourth-order valence-electron chi connectivity index (χ4n) is 8.42. The van der Waals surface area contributed by atoms with Crippen LogP contribution in [0, 0.1) is 0 Å². The smallest absolute Gasteiger partial charge is 0.0541 e. The molecule has 44 heavy (non-hydrogen) atoms. The Bertz CT molecular complexity index is 2130. The number of para-hydroxylation sites is 3. The lowest BCUT2D eigenvalue weighted by Gasteiger charge is -2.39. The molecule has 2 heterocycles. The largest absolute Gasteiger partial charge is 0.310 e. The first-order chi connectivity index (χ1) is 21.8. The zero-order chi connectivity index (χ0) is 29.1. The number of hydrogen-bond acceptors (Lipinski definition) is 0. The number of aromatic nitrogens is 2. The molecule has 0 aliphatic heterocycles. The van der Waals surface area contributed by atoms with Crippen molar-refractivity contribution in [3.8, 4) is 11.4 Å². The van der Waals surface area contributed by atoms with Gasteiger partial charge >= 0.3 is 0 Å². The van der Waals surface area contributed by atoms with Crippen LogP contribution >= 0.6 is 0 Å². The third-order valence-corrected chi connectivity index (χ3v) is 10.5. The predicted molar refractivity (Wildman–Crippen MR) is 185 cm³/mol. The summed E-state index contributed by atoms with van der Waals surface area (Å²) in [6.45, 7) is 0. The lowest BCUT2D eigenvalue weighted by Crippen LogP contribution is -2.30. The van der Waals surface area contributed by atoms with E-state index in [1.54, 1.807) is 0 Å². The molecule has 9 rings (SSSR count). The van der Waals surface area contributed by atoms with Gasteiger partial charge in [-0.1, -0.05) is 104 Å². The van der Waals surface area contributed by atoms with Gasteiger partial charge in [-0.25, -0.2) is 0 Å². The molecule has 7 aromatic rings. The monoisotopic (exact) mass is 568 g/mol. The van der Waals surface area contributed by atoms with E-state index in [2.05, 4.69) is 143 Å². The number of benzene rings is 5. The molecule has 5 aromatic carbocycles. The average molecular weight is 569 g/mol. The van der Waals surface area contributed by atoms with Crippen molar-refractivity contribution in [1.82, 2.24) is 9.13 Å². The Labute approximate surface area is 258 Å². The molecule has 2 nitrogen and oxygen atoms in total. The Balaban J connectivity index is 1.13. The van der Waals surface area contributed by atoms with E-state index < -0.39 is 0 Å². The summed E-state index contributed by atoms with van der Waals surface area (Å²) in [6, 6.07) is 45.6. The standard InChI is InChI=1S/C42H36N2/c1-10-28-42(29-11-1,30-20-24-32(25-21-30)43-38-16-6-2-12-34(38)35-13-3-7-17-39(35)43)31-22-26-33(27-23-31)44-40-18-8-4-14-36(40)37-15-5-9-19-41(37)44/h2-4,6-9,12-14,16-27H,1,5,10-11,15,28-29H2. The third-order valence-electron chi connectivity index (χ3n) is 10.5. The molecule has 214 valence electrons. The van der Waals surface area contributed by atoms with Crippen LogP contribution in [0.5, 0.6) is 0 Å². The minimum atomic E-state index is 0.0498. The molecule has 2 heteroatoms. The molecule has 0 bridgehead atoms. The summed E-state index contributed by atoms with van der Waals surface area (Å²) in [7, 11) is 0. The van der Waals surface area contributed by atoms with Gasteiger partial charge in [0.1, 0.15) is 0 Å². The Morgan fingerprint density at radius 2 is 0.977 bits per heavy atom. The summed E-state index contributed by atoms with van der Waals surface area (Å²) < 4.78 is 4.89. The molecule has 1 fully saturated rings. The molecule has 0 spiro atoms. The zero-order valence-electron chi connectivity index (χ0n) is 25.0. The lowest BCUT2D eigenvalue weighted by atomic mass is 9.65. The van der Waals surface area contributed by atoms with E-state index in [4.69, 9.17) is 0 Å². The highest BCUT2D eigenvalue weighted by atomic mass is 15.0. The fraction of sp³-hybridized carbons (Fsp3) is 0.190. The Kier molecular flexibility index (Phi) is 5.91. The van der Waals surface area contributed by atoms with Crippen molar-refractivity contribution < 1.29 is 0 Å². The first-order valence-electron chi connectivity index (χ1n) is 16.3. The molecule has 2 aromatic heterocycles.